The van der Waals surface area contributed by atoms with Crippen LogP contribution in [0.1, 0.15) is 10.4 Å². The van der Waals surface area contributed by atoms with Gasteiger partial charge in [0.2, 0.25) is 11.2 Å². The van der Waals surface area contributed by atoms with Gasteiger partial charge in [-0.3, -0.25) is 9.36 Å². The largest absolute Gasteiger partial charge is 0.493 e. The van der Waals surface area contributed by atoms with Crippen molar-refractivity contribution in [2.45, 2.75) is 0 Å². The lowest BCUT2D eigenvalue weighted by Gasteiger charge is -2.12. The molecule has 0 aliphatic carbocycles. The monoisotopic (exact) mass is 339 g/mol. The van der Waals surface area contributed by atoms with Crippen LogP contribution < -0.4 is 10.2 Å². The first-order chi connectivity index (χ1) is 11.0. The lowest BCUT2D eigenvalue weighted by atomic mass is 10.1. The van der Waals surface area contributed by atoms with Gasteiger partial charge >= 0.3 is 5.97 Å². The van der Waals surface area contributed by atoms with Crippen molar-refractivity contribution in [3.63, 3.8) is 0 Å². The van der Waals surface area contributed by atoms with E-state index in [2.05, 4.69) is 9.97 Å². The van der Waals surface area contributed by atoms with Gasteiger partial charge in [0.15, 0.2) is 16.5 Å². The maximum Gasteiger partial charge on any atom is 0.341 e. The number of rotatable bonds is 3. The Morgan fingerprint density at radius 2 is 2.17 bits per heavy atom. The standard InChI is InChI=1S/C13H7F2N3O4S/c1-22-9-6-8(19)5(12(20)21)4-18(13-16-2-3-23-13)11(6)17-10(15)7(9)14/h2-4H,1H3,(H,20,21). The molecule has 23 heavy (non-hydrogen) atoms. The minimum Gasteiger partial charge on any atom is -0.493 e. The number of pyridine rings is 2. The molecule has 0 aromatic carbocycles. The van der Waals surface area contributed by atoms with Gasteiger partial charge in [0.05, 0.1) is 7.11 Å². The Morgan fingerprint density at radius 1 is 1.43 bits per heavy atom. The third-order valence-corrected chi connectivity index (χ3v) is 3.82. The number of carboxylic acids is 1. The molecule has 3 rings (SSSR count). The number of aromatic nitrogens is 3. The molecule has 118 valence electrons. The number of thiazole rings is 1. The number of halogens is 2. The number of carbonyl (C=O) groups is 1. The van der Waals surface area contributed by atoms with Gasteiger partial charge in [-0.15, -0.1) is 11.3 Å². The fourth-order valence-electron chi connectivity index (χ4n) is 2.09. The highest BCUT2D eigenvalue weighted by Gasteiger charge is 2.25. The number of carboxylic acid groups (broad SMARTS) is 1. The zero-order valence-electron chi connectivity index (χ0n) is 11.4. The number of methoxy groups -OCH3 is 1. The molecule has 3 aromatic rings. The van der Waals surface area contributed by atoms with Crippen LogP contribution in [0.4, 0.5) is 8.78 Å². The van der Waals surface area contributed by atoms with Gasteiger partial charge in [-0.05, 0) is 0 Å². The van der Waals surface area contributed by atoms with E-state index in [0.29, 0.717) is 0 Å². The predicted molar refractivity (Wildman–Crippen MR) is 76.4 cm³/mol. The predicted octanol–water partition coefficient (Wildman–Crippen LogP) is 1.83. The molecule has 7 nitrogen and oxygen atoms in total. The van der Waals surface area contributed by atoms with E-state index in [9.17, 15) is 23.5 Å². The van der Waals surface area contributed by atoms with Gasteiger partial charge < -0.3 is 9.84 Å². The molecule has 10 heteroatoms. The Morgan fingerprint density at radius 3 is 2.74 bits per heavy atom. The Hall–Kier alpha value is -2.88. The fourth-order valence-corrected chi connectivity index (χ4v) is 2.71. The van der Waals surface area contributed by atoms with E-state index < -0.39 is 39.9 Å². The lowest BCUT2D eigenvalue weighted by molar-refractivity contribution is 0.0695. The van der Waals surface area contributed by atoms with E-state index >= 15 is 0 Å². The van der Waals surface area contributed by atoms with Gasteiger partial charge in [-0.1, -0.05) is 0 Å². The van der Waals surface area contributed by atoms with Crippen molar-refractivity contribution in [2.24, 2.45) is 0 Å². The van der Waals surface area contributed by atoms with Crippen LogP contribution in [-0.4, -0.2) is 32.7 Å². The molecule has 0 spiro atoms. The van der Waals surface area contributed by atoms with Crippen molar-refractivity contribution in [1.82, 2.24) is 14.5 Å². The first kappa shape index (κ1) is 15.0. The van der Waals surface area contributed by atoms with Crippen LogP contribution in [0.15, 0.2) is 22.6 Å². The van der Waals surface area contributed by atoms with Gasteiger partial charge in [0, 0.05) is 17.8 Å². The summed E-state index contributed by atoms with van der Waals surface area (Å²) in [5.74, 6) is -5.16. The summed E-state index contributed by atoms with van der Waals surface area (Å²) >= 11 is 1.10. The number of fused-ring (bicyclic) bond motifs is 1. The Bertz CT molecular complexity index is 985. The summed E-state index contributed by atoms with van der Waals surface area (Å²) in [6, 6.07) is 0. The molecule has 0 amide bonds. The molecule has 1 N–H and O–H groups in total. The molecule has 0 aliphatic rings. The van der Waals surface area contributed by atoms with E-state index in [4.69, 9.17) is 4.74 Å². The molecule has 3 heterocycles. The van der Waals surface area contributed by atoms with Crippen LogP contribution in [0.3, 0.4) is 0 Å². The van der Waals surface area contributed by atoms with E-state index in [1.807, 2.05) is 0 Å². The summed E-state index contributed by atoms with van der Waals surface area (Å²) in [6.45, 7) is 0. The number of ether oxygens (including phenoxy) is 1. The summed E-state index contributed by atoms with van der Waals surface area (Å²) in [4.78, 5) is 31.0. The molecule has 0 saturated heterocycles. The minimum atomic E-state index is -1.52. The molecule has 0 unspecified atom stereocenters. The maximum atomic E-state index is 13.8. The molecular weight excluding hydrogens is 332 g/mol. The number of nitrogens with zero attached hydrogens (tertiary/aromatic N) is 3. The molecule has 0 atom stereocenters. The van der Waals surface area contributed by atoms with Gasteiger partial charge in [-0.2, -0.15) is 13.8 Å². The lowest BCUT2D eigenvalue weighted by Crippen LogP contribution is -2.20. The third-order valence-electron chi connectivity index (χ3n) is 3.05. The second kappa shape index (κ2) is 5.39. The van der Waals surface area contributed by atoms with Crippen molar-refractivity contribution in [3.05, 3.63) is 45.3 Å². The summed E-state index contributed by atoms with van der Waals surface area (Å²) in [5, 5.41) is 10.5. The fraction of sp³-hybridized carbons (Fsp3) is 0.0769. The average molecular weight is 339 g/mol. The van der Waals surface area contributed by atoms with Crippen molar-refractivity contribution in [1.29, 1.82) is 0 Å². The highest BCUT2D eigenvalue weighted by atomic mass is 32.1. The number of hydrogen-bond donors (Lipinski definition) is 1. The molecule has 3 aromatic heterocycles. The smallest absolute Gasteiger partial charge is 0.341 e. The van der Waals surface area contributed by atoms with Crippen LogP contribution in [0, 0.1) is 11.8 Å². The van der Waals surface area contributed by atoms with E-state index in [1.54, 1.807) is 5.38 Å². The van der Waals surface area contributed by atoms with Crippen LogP contribution in [-0.2, 0) is 0 Å². The second-order valence-electron chi connectivity index (χ2n) is 4.31. The minimum absolute atomic E-state index is 0.234. The maximum absolute atomic E-state index is 13.8. The molecule has 0 fully saturated rings. The quantitative estimate of drug-likeness (QED) is 0.732. The SMILES string of the molecule is COc1c(F)c(F)nc2c1c(=O)c(C(=O)O)cn2-c1nccs1. The summed E-state index contributed by atoms with van der Waals surface area (Å²) in [7, 11) is 1.04. The van der Waals surface area contributed by atoms with Crippen molar-refractivity contribution < 1.29 is 23.4 Å². The molecule has 0 saturated carbocycles. The Balaban J connectivity index is 2.59. The number of hydrogen-bond acceptors (Lipinski definition) is 6. The van der Waals surface area contributed by atoms with E-state index in [0.717, 1.165) is 29.2 Å². The van der Waals surface area contributed by atoms with Crippen LogP contribution in [0.2, 0.25) is 0 Å². The normalized spacial score (nSPS) is 10.9. The average Bonchev–Trinajstić information content (AvgIpc) is 3.03. The third kappa shape index (κ3) is 2.23. The number of aromatic carboxylic acids is 1. The van der Waals surface area contributed by atoms with Crippen LogP contribution in [0.5, 0.6) is 5.75 Å². The molecule has 0 aliphatic heterocycles. The Labute approximate surface area is 130 Å². The Kier molecular flexibility index (Phi) is 3.52. The highest BCUT2D eigenvalue weighted by molar-refractivity contribution is 7.12. The van der Waals surface area contributed by atoms with Crippen molar-refractivity contribution in [2.75, 3.05) is 7.11 Å². The summed E-state index contributed by atoms with van der Waals surface area (Å²) < 4.78 is 33.4. The first-order valence-electron chi connectivity index (χ1n) is 6.07. The van der Waals surface area contributed by atoms with Gasteiger partial charge in [0.1, 0.15) is 10.9 Å². The first-order valence-corrected chi connectivity index (χ1v) is 6.95. The molecule has 0 radical (unpaired) electrons. The zero-order chi connectivity index (χ0) is 16.7. The van der Waals surface area contributed by atoms with Crippen molar-refractivity contribution >= 4 is 28.3 Å². The second-order valence-corrected chi connectivity index (χ2v) is 5.18. The van der Waals surface area contributed by atoms with Gasteiger partial charge in [-0.25, -0.2) is 9.78 Å². The van der Waals surface area contributed by atoms with E-state index in [-0.39, 0.29) is 10.8 Å². The van der Waals surface area contributed by atoms with Crippen LogP contribution in [0.25, 0.3) is 16.2 Å². The van der Waals surface area contributed by atoms with Crippen molar-refractivity contribution in [3.8, 4) is 10.9 Å². The summed E-state index contributed by atoms with van der Waals surface area (Å²) in [5.41, 5.74) is -1.95. The molecular formula is C13H7F2N3O4S. The zero-order valence-corrected chi connectivity index (χ0v) is 12.2. The summed E-state index contributed by atoms with van der Waals surface area (Å²) in [6.07, 6.45) is 2.40. The molecule has 0 bridgehead atoms. The van der Waals surface area contributed by atoms with Gasteiger partial charge in [0.25, 0.3) is 5.95 Å². The van der Waals surface area contributed by atoms with E-state index in [1.165, 1.54) is 6.20 Å². The topological polar surface area (TPSA) is 94.3 Å². The van der Waals surface area contributed by atoms with Crippen LogP contribution >= 0.6 is 11.3 Å². The highest BCUT2D eigenvalue weighted by Crippen LogP contribution is 2.28.